The Morgan fingerprint density at radius 3 is 2.61 bits per heavy atom. The molecule has 3 rings (SSSR count). The van der Waals surface area contributed by atoms with Crippen LogP contribution in [-0.4, -0.2) is 19.1 Å². The molecule has 0 aliphatic carbocycles. The molecule has 0 bridgehead atoms. The van der Waals surface area contributed by atoms with E-state index in [0.717, 1.165) is 22.0 Å². The van der Waals surface area contributed by atoms with Gasteiger partial charge < -0.3 is 14.8 Å². The van der Waals surface area contributed by atoms with Crippen LogP contribution in [0, 0.1) is 0 Å². The van der Waals surface area contributed by atoms with E-state index in [-0.39, 0.29) is 12.0 Å². The van der Waals surface area contributed by atoms with E-state index in [1.807, 2.05) is 56.3 Å². The number of anilines is 1. The summed E-state index contributed by atoms with van der Waals surface area (Å²) < 4.78 is 11.1. The smallest absolute Gasteiger partial charge is 0.248 e. The van der Waals surface area contributed by atoms with E-state index >= 15 is 0 Å². The molecule has 1 N–H and O–H groups in total. The zero-order chi connectivity index (χ0) is 20.1. The van der Waals surface area contributed by atoms with Gasteiger partial charge >= 0.3 is 0 Å². The Morgan fingerprint density at radius 2 is 1.86 bits per heavy atom. The molecule has 0 atom stereocenters. The van der Waals surface area contributed by atoms with Gasteiger partial charge in [0.15, 0.2) is 11.5 Å². The summed E-state index contributed by atoms with van der Waals surface area (Å²) in [5.41, 5.74) is 1.51. The molecule has 1 amide bonds. The second-order valence-electron chi connectivity index (χ2n) is 6.55. The molecular weight excluding hydrogens is 374 g/mol. The van der Waals surface area contributed by atoms with Crippen molar-refractivity contribution in [2.45, 2.75) is 20.0 Å². The van der Waals surface area contributed by atoms with Crippen LogP contribution in [0.3, 0.4) is 0 Å². The van der Waals surface area contributed by atoms with Crippen LogP contribution in [0.25, 0.3) is 16.8 Å². The normalized spacial score (nSPS) is 11.2. The van der Waals surface area contributed by atoms with Gasteiger partial charge in [0.25, 0.3) is 0 Å². The summed E-state index contributed by atoms with van der Waals surface area (Å²) >= 11 is 6.33. The van der Waals surface area contributed by atoms with Crippen LogP contribution in [0.2, 0.25) is 5.02 Å². The third-order valence-electron chi connectivity index (χ3n) is 4.08. The maximum Gasteiger partial charge on any atom is 0.248 e. The molecule has 0 aliphatic heterocycles. The van der Waals surface area contributed by atoms with Gasteiger partial charge in [-0.05, 0) is 49.1 Å². The van der Waals surface area contributed by atoms with Crippen molar-refractivity contribution in [3.05, 3.63) is 71.3 Å². The highest BCUT2D eigenvalue weighted by atomic mass is 35.5. The van der Waals surface area contributed by atoms with Gasteiger partial charge in [-0.3, -0.25) is 4.79 Å². The predicted molar refractivity (Wildman–Crippen MR) is 115 cm³/mol. The number of carbonyl (C=O) groups is 1. The molecule has 28 heavy (non-hydrogen) atoms. The minimum Gasteiger partial charge on any atom is -0.493 e. The average molecular weight is 396 g/mol. The Labute approximate surface area is 169 Å². The molecule has 0 radical (unpaired) electrons. The average Bonchev–Trinajstić information content (AvgIpc) is 2.68. The Kier molecular flexibility index (Phi) is 6.22. The van der Waals surface area contributed by atoms with Crippen LogP contribution in [0.5, 0.6) is 11.5 Å². The number of benzene rings is 3. The molecule has 144 valence electrons. The standard InChI is InChI=1S/C23H22ClNO3/c1-15(2)28-23-19(24)13-16(14-21(23)27-3)11-12-22(26)25-20-10-6-8-17-7-4-5-9-18(17)20/h4-15H,1-3H3,(H,25,26)/b12-11+. The zero-order valence-electron chi connectivity index (χ0n) is 16.0. The Bertz CT molecular complexity index is 1020. The van der Waals surface area contributed by atoms with E-state index in [0.29, 0.717) is 16.5 Å². The SMILES string of the molecule is COc1cc(/C=C/C(=O)Nc2cccc3ccccc23)cc(Cl)c1OC(C)C. The maximum absolute atomic E-state index is 12.4. The number of nitrogens with one attached hydrogen (secondary N) is 1. The third kappa shape index (κ3) is 4.65. The number of amides is 1. The van der Waals surface area contributed by atoms with Crippen molar-refractivity contribution in [1.29, 1.82) is 0 Å². The molecular formula is C23H22ClNO3. The molecule has 0 saturated heterocycles. The van der Waals surface area contributed by atoms with Crippen LogP contribution in [0.1, 0.15) is 19.4 Å². The molecule has 0 aromatic heterocycles. The van der Waals surface area contributed by atoms with Gasteiger partial charge in [-0.25, -0.2) is 0 Å². The fourth-order valence-corrected chi connectivity index (χ4v) is 3.13. The fourth-order valence-electron chi connectivity index (χ4n) is 2.87. The number of hydrogen-bond acceptors (Lipinski definition) is 3. The minimum atomic E-state index is -0.228. The van der Waals surface area contributed by atoms with Crippen LogP contribution in [-0.2, 0) is 4.79 Å². The summed E-state index contributed by atoms with van der Waals surface area (Å²) in [6.07, 6.45) is 3.13. The van der Waals surface area contributed by atoms with E-state index in [1.165, 1.54) is 6.08 Å². The van der Waals surface area contributed by atoms with Gasteiger partial charge in [0, 0.05) is 17.1 Å². The van der Waals surface area contributed by atoms with Crippen molar-refractivity contribution in [1.82, 2.24) is 0 Å². The highest BCUT2D eigenvalue weighted by molar-refractivity contribution is 6.32. The molecule has 0 fully saturated rings. The second kappa shape index (κ2) is 8.81. The highest BCUT2D eigenvalue weighted by Crippen LogP contribution is 2.37. The highest BCUT2D eigenvalue weighted by Gasteiger charge is 2.13. The summed E-state index contributed by atoms with van der Waals surface area (Å²) in [6.45, 7) is 3.84. The molecule has 0 spiro atoms. The monoisotopic (exact) mass is 395 g/mol. The van der Waals surface area contributed by atoms with Gasteiger partial charge in [0.05, 0.1) is 18.2 Å². The van der Waals surface area contributed by atoms with E-state index in [4.69, 9.17) is 21.1 Å². The van der Waals surface area contributed by atoms with Gasteiger partial charge in [0.2, 0.25) is 5.91 Å². The summed E-state index contributed by atoms with van der Waals surface area (Å²) in [5.74, 6) is 0.792. The number of methoxy groups -OCH3 is 1. The molecule has 3 aromatic rings. The first kappa shape index (κ1) is 19.8. The van der Waals surface area contributed by atoms with Gasteiger partial charge in [0.1, 0.15) is 0 Å². The number of ether oxygens (including phenoxy) is 2. The van der Waals surface area contributed by atoms with Crippen LogP contribution < -0.4 is 14.8 Å². The number of rotatable bonds is 6. The number of fused-ring (bicyclic) bond motifs is 1. The van der Waals surface area contributed by atoms with Crippen molar-refractivity contribution in [3.8, 4) is 11.5 Å². The first-order valence-corrected chi connectivity index (χ1v) is 9.36. The third-order valence-corrected chi connectivity index (χ3v) is 4.36. The van der Waals surface area contributed by atoms with Gasteiger partial charge in [-0.1, -0.05) is 48.0 Å². The first-order valence-electron chi connectivity index (χ1n) is 8.99. The minimum absolute atomic E-state index is 0.0285. The Hall–Kier alpha value is -2.98. The Morgan fingerprint density at radius 1 is 1.11 bits per heavy atom. The molecule has 0 unspecified atom stereocenters. The summed E-state index contributed by atoms with van der Waals surface area (Å²) in [7, 11) is 1.56. The lowest BCUT2D eigenvalue weighted by Gasteiger charge is -2.15. The zero-order valence-corrected chi connectivity index (χ0v) is 16.8. The van der Waals surface area contributed by atoms with E-state index in [9.17, 15) is 4.79 Å². The number of carbonyl (C=O) groups excluding carboxylic acids is 1. The van der Waals surface area contributed by atoms with Crippen molar-refractivity contribution in [2.24, 2.45) is 0 Å². The van der Waals surface area contributed by atoms with Crippen molar-refractivity contribution < 1.29 is 14.3 Å². The lowest BCUT2D eigenvalue weighted by Crippen LogP contribution is -2.08. The van der Waals surface area contributed by atoms with Crippen LogP contribution in [0.4, 0.5) is 5.69 Å². The first-order chi connectivity index (χ1) is 13.5. The van der Waals surface area contributed by atoms with E-state index in [1.54, 1.807) is 25.3 Å². The second-order valence-corrected chi connectivity index (χ2v) is 6.96. The van der Waals surface area contributed by atoms with Crippen molar-refractivity contribution >= 4 is 40.0 Å². The summed E-state index contributed by atoms with van der Waals surface area (Å²) in [5, 5.41) is 5.42. The Balaban J connectivity index is 1.79. The quantitative estimate of drug-likeness (QED) is 0.525. The lowest BCUT2D eigenvalue weighted by molar-refractivity contribution is -0.111. The summed E-state index contributed by atoms with van der Waals surface area (Å²) in [4.78, 5) is 12.4. The van der Waals surface area contributed by atoms with Crippen LogP contribution >= 0.6 is 11.6 Å². The molecule has 0 saturated carbocycles. The molecule has 0 aliphatic rings. The van der Waals surface area contributed by atoms with Gasteiger partial charge in [-0.2, -0.15) is 0 Å². The van der Waals surface area contributed by atoms with E-state index < -0.39 is 0 Å². The lowest BCUT2D eigenvalue weighted by atomic mass is 10.1. The predicted octanol–water partition coefficient (Wildman–Crippen LogP) is 5.94. The molecule has 4 nitrogen and oxygen atoms in total. The largest absolute Gasteiger partial charge is 0.493 e. The van der Waals surface area contributed by atoms with Crippen molar-refractivity contribution in [3.63, 3.8) is 0 Å². The van der Waals surface area contributed by atoms with E-state index in [2.05, 4.69) is 5.32 Å². The summed E-state index contributed by atoms with van der Waals surface area (Å²) in [6, 6.07) is 17.2. The number of halogens is 1. The van der Waals surface area contributed by atoms with Gasteiger partial charge in [-0.15, -0.1) is 0 Å². The fraction of sp³-hybridized carbons (Fsp3) is 0.174. The molecule has 0 heterocycles. The maximum atomic E-state index is 12.4. The number of hydrogen-bond donors (Lipinski definition) is 1. The van der Waals surface area contributed by atoms with Crippen molar-refractivity contribution in [2.75, 3.05) is 12.4 Å². The molecule has 5 heteroatoms. The van der Waals surface area contributed by atoms with Crippen LogP contribution in [0.15, 0.2) is 60.7 Å². The molecule has 3 aromatic carbocycles. The topological polar surface area (TPSA) is 47.6 Å².